The van der Waals surface area contributed by atoms with E-state index in [0.717, 1.165) is 23.3 Å². The Balaban J connectivity index is 1.91. The predicted molar refractivity (Wildman–Crippen MR) is 80.3 cm³/mol. The van der Waals surface area contributed by atoms with E-state index in [1.54, 1.807) is 0 Å². The molecule has 0 fully saturated rings. The first-order valence-corrected chi connectivity index (χ1v) is 7.19. The quantitative estimate of drug-likeness (QED) is 0.896. The number of hydrogen-bond donors (Lipinski definition) is 2. The van der Waals surface area contributed by atoms with E-state index in [1.165, 1.54) is 0 Å². The van der Waals surface area contributed by atoms with Gasteiger partial charge in [-0.05, 0) is 38.5 Å². The van der Waals surface area contributed by atoms with Crippen LogP contribution < -0.4 is 15.4 Å². The van der Waals surface area contributed by atoms with Crippen molar-refractivity contribution < 1.29 is 9.53 Å². The summed E-state index contributed by atoms with van der Waals surface area (Å²) in [4.78, 5) is 11.7. The summed E-state index contributed by atoms with van der Waals surface area (Å²) in [6, 6.07) is 3.83. The highest BCUT2D eigenvalue weighted by atomic mass is 35.5. The molecule has 1 amide bonds. The SMILES string of the molecule is CC(C)(C)NC(=O)CNCc1cc(Cl)cc2c1OCC2. The van der Waals surface area contributed by atoms with Gasteiger partial charge in [0.15, 0.2) is 0 Å². The van der Waals surface area contributed by atoms with Crippen LogP contribution in [-0.4, -0.2) is 24.6 Å². The van der Waals surface area contributed by atoms with Crippen molar-refractivity contribution in [2.24, 2.45) is 0 Å². The second-order valence-electron chi connectivity index (χ2n) is 6.05. The van der Waals surface area contributed by atoms with Crippen LogP contribution in [0.15, 0.2) is 12.1 Å². The number of nitrogens with one attached hydrogen (secondary N) is 2. The Morgan fingerprint density at radius 1 is 1.40 bits per heavy atom. The van der Waals surface area contributed by atoms with Crippen LogP contribution in [-0.2, 0) is 17.8 Å². The summed E-state index contributed by atoms with van der Waals surface area (Å²) in [5.41, 5.74) is 1.95. The predicted octanol–water partition coefficient (Wildman–Crippen LogP) is 2.28. The van der Waals surface area contributed by atoms with Gasteiger partial charge in [-0.25, -0.2) is 0 Å². The maximum absolute atomic E-state index is 11.7. The van der Waals surface area contributed by atoms with Crippen molar-refractivity contribution in [3.8, 4) is 5.75 Å². The van der Waals surface area contributed by atoms with Crippen LogP contribution in [0.3, 0.4) is 0 Å². The molecule has 0 aromatic heterocycles. The smallest absolute Gasteiger partial charge is 0.234 e. The molecule has 2 rings (SSSR count). The third kappa shape index (κ3) is 4.12. The zero-order chi connectivity index (χ0) is 14.8. The lowest BCUT2D eigenvalue weighted by Gasteiger charge is -2.20. The molecule has 20 heavy (non-hydrogen) atoms. The van der Waals surface area contributed by atoms with E-state index < -0.39 is 0 Å². The van der Waals surface area contributed by atoms with Crippen LogP contribution in [0.4, 0.5) is 0 Å². The molecule has 0 radical (unpaired) electrons. The molecule has 1 aliphatic rings. The topological polar surface area (TPSA) is 50.4 Å². The number of fused-ring (bicyclic) bond motifs is 1. The summed E-state index contributed by atoms with van der Waals surface area (Å²) in [5, 5.41) is 6.75. The monoisotopic (exact) mass is 296 g/mol. The molecule has 1 aliphatic heterocycles. The number of carbonyl (C=O) groups excluding carboxylic acids is 1. The molecular formula is C15H21ClN2O2. The van der Waals surface area contributed by atoms with E-state index in [0.29, 0.717) is 18.2 Å². The van der Waals surface area contributed by atoms with Crippen LogP contribution in [0, 0.1) is 0 Å². The normalized spacial score (nSPS) is 13.8. The fraction of sp³-hybridized carbons (Fsp3) is 0.533. The number of rotatable bonds is 4. The molecule has 1 aromatic rings. The lowest BCUT2D eigenvalue weighted by molar-refractivity contribution is -0.121. The molecule has 0 unspecified atom stereocenters. The number of amides is 1. The van der Waals surface area contributed by atoms with Crippen LogP contribution in [0.25, 0.3) is 0 Å². The highest BCUT2D eigenvalue weighted by Gasteiger charge is 2.18. The highest BCUT2D eigenvalue weighted by molar-refractivity contribution is 6.30. The van der Waals surface area contributed by atoms with Crippen molar-refractivity contribution in [1.82, 2.24) is 10.6 Å². The molecule has 0 bridgehead atoms. The van der Waals surface area contributed by atoms with Crippen LogP contribution in [0.5, 0.6) is 5.75 Å². The summed E-state index contributed by atoms with van der Waals surface area (Å²) in [6.07, 6.45) is 0.896. The van der Waals surface area contributed by atoms with Crippen molar-refractivity contribution in [3.63, 3.8) is 0 Å². The molecule has 0 spiro atoms. The summed E-state index contributed by atoms with van der Waals surface area (Å²) < 4.78 is 5.62. The van der Waals surface area contributed by atoms with Crippen LogP contribution >= 0.6 is 11.6 Å². The van der Waals surface area contributed by atoms with Gasteiger partial charge in [-0.3, -0.25) is 4.79 Å². The van der Waals surface area contributed by atoms with Crippen molar-refractivity contribution in [2.45, 2.75) is 39.3 Å². The van der Waals surface area contributed by atoms with Gasteiger partial charge < -0.3 is 15.4 Å². The number of benzene rings is 1. The molecule has 0 saturated heterocycles. The fourth-order valence-electron chi connectivity index (χ4n) is 2.25. The third-order valence-electron chi connectivity index (χ3n) is 2.94. The average Bonchev–Trinajstić information content (AvgIpc) is 2.74. The Morgan fingerprint density at radius 3 is 2.85 bits per heavy atom. The van der Waals surface area contributed by atoms with Gasteiger partial charge in [0.2, 0.25) is 5.91 Å². The summed E-state index contributed by atoms with van der Waals surface area (Å²) in [6.45, 7) is 7.43. The van der Waals surface area contributed by atoms with Crippen molar-refractivity contribution in [2.75, 3.05) is 13.2 Å². The van der Waals surface area contributed by atoms with Crippen molar-refractivity contribution >= 4 is 17.5 Å². The van der Waals surface area contributed by atoms with Crippen molar-refractivity contribution in [3.05, 3.63) is 28.3 Å². The molecule has 1 heterocycles. The summed E-state index contributed by atoms with van der Waals surface area (Å²) in [5.74, 6) is 0.898. The van der Waals surface area contributed by atoms with Gasteiger partial charge in [-0.1, -0.05) is 11.6 Å². The number of ether oxygens (including phenoxy) is 1. The molecule has 110 valence electrons. The number of carbonyl (C=O) groups is 1. The minimum absolute atomic E-state index is 0.0166. The molecule has 5 heteroatoms. The standard InChI is InChI=1S/C15H21ClN2O2/c1-15(2,3)18-13(19)9-17-8-11-7-12(16)6-10-4-5-20-14(10)11/h6-7,17H,4-5,8-9H2,1-3H3,(H,18,19). The molecule has 0 saturated carbocycles. The molecular weight excluding hydrogens is 276 g/mol. The largest absolute Gasteiger partial charge is 0.493 e. The molecule has 0 atom stereocenters. The number of hydrogen-bond acceptors (Lipinski definition) is 3. The second-order valence-corrected chi connectivity index (χ2v) is 6.49. The Labute approximate surface area is 124 Å². The van der Waals surface area contributed by atoms with E-state index in [9.17, 15) is 4.79 Å². The van der Waals surface area contributed by atoms with E-state index in [2.05, 4.69) is 10.6 Å². The second kappa shape index (κ2) is 6.02. The average molecular weight is 297 g/mol. The third-order valence-corrected chi connectivity index (χ3v) is 3.16. The van der Waals surface area contributed by atoms with Crippen LogP contribution in [0.1, 0.15) is 31.9 Å². The summed E-state index contributed by atoms with van der Waals surface area (Å²) in [7, 11) is 0. The summed E-state index contributed by atoms with van der Waals surface area (Å²) >= 11 is 6.09. The maximum Gasteiger partial charge on any atom is 0.234 e. The minimum atomic E-state index is -0.209. The van der Waals surface area contributed by atoms with Gasteiger partial charge in [0.1, 0.15) is 5.75 Å². The van der Waals surface area contributed by atoms with E-state index in [-0.39, 0.29) is 18.0 Å². The highest BCUT2D eigenvalue weighted by Crippen LogP contribution is 2.32. The zero-order valence-electron chi connectivity index (χ0n) is 12.2. The Kier molecular flexibility index (Phi) is 4.55. The first kappa shape index (κ1) is 15.1. The van der Waals surface area contributed by atoms with Crippen LogP contribution in [0.2, 0.25) is 5.02 Å². The lowest BCUT2D eigenvalue weighted by atomic mass is 10.1. The van der Waals surface area contributed by atoms with Gasteiger partial charge in [0.05, 0.1) is 13.2 Å². The van der Waals surface area contributed by atoms with E-state index in [1.807, 2.05) is 32.9 Å². The molecule has 4 nitrogen and oxygen atoms in total. The lowest BCUT2D eigenvalue weighted by Crippen LogP contribution is -2.44. The number of halogens is 1. The molecule has 0 aliphatic carbocycles. The van der Waals surface area contributed by atoms with Gasteiger partial charge in [0, 0.05) is 29.1 Å². The van der Waals surface area contributed by atoms with Crippen molar-refractivity contribution in [1.29, 1.82) is 0 Å². The van der Waals surface area contributed by atoms with Gasteiger partial charge in [-0.15, -0.1) is 0 Å². The van der Waals surface area contributed by atoms with Gasteiger partial charge in [-0.2, -0.15) is 0 Å². The first-order chi connectivity index (χ1) is 9.35. The first-order valence-electron chi connectivity index (χ1n) is 6.81. The Bertz CT molecular complexity index is 509. The minimum Gasteiger partial charge on any atom is -0.493 e. The van der Waals surface area contributed by atoms with Gasteiger partial charge >= 0.3 is 0 Å². The van der Waals surface area contributed by atoms with Gasteiger partial charge in [0.25, 0.3) is 0 Å². The Morgan fingerprint density at radius 2 is 2.15 bits per heavy atom. The fourth-order valence-corrected chi connectivity index (χ4v) is 2.51. The Hall–Kier alpha value is -1.26. The maximum atomic E-state index is 11.7. The van der Waals surface area contributed by atoms with E-state index in [4.69, 9.17) is 16.3 Å². The molecule has 1 aromatic carbocycles. The van der Waals surface area contributed by atoms with E-state index >= 15 is 0 Å². The molecule has 2 N–H and O–H groups in total. The zero-order valence-corrected chi connectivity index (χ0v) is 12.9.